The molecule has 0 radical (unpaired) electrons. The minimum absolute atomic E-state index is 0.691. The molecule has 19 heavy (non-hydrogen) atoms. The maximum atomic E-state index is 5.94. The number of para-hydroxylation sites is 1. The van der Waals surface area contributed by atoms with Crippen LogP contribution in [0.1, 0.15) is 0 Å². The van der Waals surface area contributed by atoms with Crippen molar-refractivity contribution in [2.75, 3.05) is 5.73 Å². The summed E-state index contributed by atoms with van der Waals surface area (Å²) in [6, 6.07) is 15.2. The van der Waals surface area contributed by atoms with Crippen LogP contribution in [0.2, 0.25) is 0 Å². The lowest BCUT2D eigenvalue weighted by Gasteiger charge is -2.10. The van der Waals surface area contributed by atoms with Gasteiger partial charge >= 0.3 is 0 Å². The Morgan fingerprint density at radius 1 is 0.947 bits per heavy atom. The van der Waals surface area contributed by atoms with Crippen molar-refractivity contribution in [2.45, 2.75) is 0 Å². The first-order valence-corrected chi connectivity index (χ1v) is 6.60. The third-order valence-corrected chi connectivity index (χ3v) is 3.48. The Labute approximate surface area is 119 Å². The van der Waals surface area contributed by atoms with Crippen LogP contribution in [0.25, 0.3) is 10.9 Å². The lowest BCUT2D eigenvalue weighted by Crippen LogP contribution is -1.92. The number of fused-ring (bicyclic) bond motifs is 1. The van der Waals surface area contributed by atoms with Gasteiger partial charge in [0, 0.05) is 17.3 Å². The molecule has 0 bridgehead atoms. The molecule has 3 aromatic rings. The average molecular weight is 315 g/mol. The van der Waals surface area contributed by atoms with Crippen molar-refractivity contribution in [1.29, 1.82) is 0 Å². The molecule has 0 aliphatic carbocycles. The number of nitrogens with zero attached hydrogens (tertiary/aromatic N) is 1. The summed E-state index contributed by atoms with van der Waals surface area (Å²) < 4.78 is 6.81. The summed E-state index contributed by atoms with van der Waals surface area (Å²) in [6.07, 6.45) is 1.73. The zero-order valence-electron chi connectivity index (χ0n) is 10.0. The summed E-state index contributed by atoms with van der Waals surface area (Å²) in [5.41, 5.74) is 7.40. The van der Waals surface area contributed by atoms with Crippen LogP contribution in [0.3, 0.4) is 0 Å². The van der Waals surface area contributed by atoms with Gasteiger partial charge in [-0.15, -0.1) is 0 Å². The Bertz CT molecular complexity index is 743. The number of halogens is 1. The molecule has 0 unspecified atom stereocenters. The van der Waals surface area contributed by atoms with Crippen LogP contribution in [0.5, 0.6) is 11.5 Å². The summed E-state index contributed by atoms with van der Waals surface area (Å²) in [5.74, 6) is 1.44. The summed E-state index contributed by atoms with van der Waals surface area (Å²) in [7, 11) is 0. The van der Waals surface area contributed by atoms with E-state index >= 15 is 0 Å². The van der Waals surface area contributed by atoms with Gasteiger partial charge in [0.1, 0.15) is 11.3 Å². The van der Waals surface area contributed by atoms with Crippen molar-refractivity contribution >= 4 is 32.5 Å². The molecule has 0 spiro atoms. The average Bonchev–Trinajstić information content (AvgIpc) is 2.44. The molecule has 0 amide bonds. The molecule has 3 nitrogen and oxygen atoms in total. The third kappa shape index (κ3) is 2.27. The second-order valence-corrected chi connectivity index (χ2v) is 4.94. The molecule has 0 saturated heterocycles. The first kappa shape index (κ1) is 12.0. The molecule has 2 N–H and O–H groups in total. The van der Waals surface area contributed by atoms with Crippen LogP contribution in [-0.4, -0.2) is 4.98 Å². The molecule has 94 valence electrons. The quantitative estimate of drug-likeness (QED) is 0.714. The van der Waals surface area contributed by atoms with Gasteiger partial charge < -0.3 is 10.5 Å². The van der Waals surface area contributed by atoms with Crippen molar-refractivity contribution in [3.8, 4) is 11.5 Å². The lowest BCUT2D eigenvalue weighted by molar-refractivity contribution is 0.484. The van der Waals surface area contributed by atoms with Gasteiger partial charge in [-0.2, -0.15) is 0 Å². The predicted octanol–water partition coefficient (Wildman–Crippen LogP) is 4.37. The van der Waals surface area contributed by atoms with E-state index in [9.17, 15) is 0 Å². The summed E-state index contributed by atoms with van der Waals surface area (Å²) in [5, 5.41) is 0.895. The Balaban J connectivity index is 2.12. The van der Waals surface area contributed by atoms with Crippen molar-refractivity contribution in [1.82, 2.24) is 4.98 Å². The van der Waals surface area contributed by atoms with E-state index in [2.05, 4.69) is 20.9 Å². The van der Waals surface area contributed by atoms with Crippen LogP contribution in [0.15, 0.2) is 59.2 Å². The molecule has 1 heterocycles. The predicted molar refractivity (Wildman–Crippen MR) is 80.4 cm³/mol. The molecule has 0 fully saturated rings. The number of rotatable bonds is 2. The molecule has 0 aliphatic heterocycles. The van der Waals surface area contributed by atoms with Crippen molar-refractivity contribution in [2.24, 2.45) is 0 Å². The van der Waals surface area contributed by atoms with Crippen LogP contribution < -0.4 is 10.5 Å². The van der Waals surface area contributed by atoms with E-state index in [-0.39, 0.29) is 0 Å². The zero-order valence-corrected chi connectivity index (χ0v) is 11.6. The molecule has 2 aromatic carbocycles. The first-order valence-electron chi connectivity index (χ1n) is 5.81. The fourth-order valence-corrected chi connectivity index (χ4v) is 2.26. The smallest absolute Gasteiger partial charge is 0.153 e. The highest BCUT2D eigenvalue weighted by molar-refractivity contribution is 9.10. The first-order chi connectivity index (χ1) is 9.25. The van der Waals surface area contributed by atoms with Crippen molar-refractivity contribution in [3.63, 3.8) is 0 Å². The summed E-state index contributed by atoms with van der Waals surface area (Å²) in [4.78, 5) is 4.35. The highest BCUT2D eigenvalue weighted by atomic mass is 79.9. The van der Waals surface area contributed by atoms with E-state index in [0.717, 1.165) is 21.1 Å². The van der Waals surface area contributed by atoms with E-state index in [1.165, 1.54) is 0 Å². The number of hydrogen-bond acceptors (Lipinski definition) is 3. The largest absolute Gasteiger partial charge is 0.454 e. The van der Waals surface area contributed by atoms with Gasteiger partial charge in [-0.25, -0.2) is 0 Å². The Kier molecular flexibility index (Phi) is 3.09. The highest BCUT2D eigenvalue weighted by Crippen LogP contribution is 2.34. The fraction of sp³-hybridized carbons (Fsp3) is 0. The number of anilines is 1. The lowest BCUT2D eigenvalue weighted by atomic mass is 10.1. The standard InChI is InChI=1S/C15H11BrN2O/c16-11-5-1-2-6-13(11)19-14-8-7-12(17)10-4-3-9-18-15(10)14/h1-9H,17H2. The summed E-state index contributed by atoms with van der Waals surface area (Å²) >= 11 is 3.46. The molecular weight excluding hydrogens is 304 g/mol. The van der Waals surface area contributed by atoms with Crippen LogP contribution in [-0.2, 0) is 0 Å². The van der Waals surface area contributed by atoms with E-state index in [1.54, 1.807) is 6.20 Å². The van der Waals surface area contributed by atoms with Crippen LogP contribution >= 0.6 is 15.9 Å². The van der Waals surface area contributed by atoms with E-state index in [4.69, 9.17) is 10.5 Å². The Morgan fingerprint density at radius 2 is 1.79 bits per heavy atom. The van der Waals surface area contributed by atoms with Gasteiger partial charge in [0.05, 0.1) is 4.47 Å². The normalized spacial score (nSPS) is 10.6. The number of ether oxygens (including phenoxy) is 1. The molecular formula is C15H11BrN2O. The number of nitrogen functional groups attached to an aromatic ring is 1. The fourth-order valence-electron chi connectivity index (χ4n) is 1.90. The van der Waals surface area contributed by atoms with E-state index < -0.39 is 0 Å². The maximum Gasteiger partial charge on any atom is 0.153 e. The zero-order chi connectivity index (χ0) is 13.2. The number of aromatic nitrogens is 1. The molecule has 0 aliphatic rings. The van der Waals surface area contributed by atoms with Crippen molar-refractivity contribution in [3.05, 3.63) is 59.2 Å². The summed E-state index contributed by atoms with van der Waals surface area (Å²) in [6.45, 7) is 0. The molecule has 0 atom stereocenters. The molecule has 3 rings (SSSR count). The molecule has 4 heteroatoms. The van der Waals surface area contributed by atoms with Crippen molar-refractivity contribution < 1.29 is 4.74 Å². The second-order valence-electron chi connectivity index (χ2n) is 4.08. The van der Waals surface area contributed by atoms with Gasteiger partial charge in [-0.05, 0) is 52.3 Å². The van der Waals surface area contributed by atoms with Gasteiger partial charge in [0.2, 0.25) is 0 Å². The minimum atomic E-state index is 0.691. The number of pyridine rings is 1. The van der Waals surface area contributed by atoms with E-state index in [0.29, 0.717) is 11.4 Å². The minimum Gasteiger partial charge on any atom is -0.454 e. The Morgan fingerprint density at radius 3 is 2.63 bits per heavy atom. The van der Waals surface area contributed by atoms with Crippen LogP contribution in [0, 0.1) is 0 Å². The molecule has 0 saturated carbocycles. The van der Waals surface area contributed by atoms with E-state index in [1.807, 2.05) is 48.5 Å². The molecule has 1 aromatic heterocycles. The Hall–Kier alpha value is -2.07. The van der Waals surface area contributed by atoms with Gasteiger partial charge in [-0.3, -0.25) is 4.98 Å². The number of nitrogens with two attached hydrogens (primary N) is 1. The van der Waals surface area contributed by atoms with Gasteiger partial charge in [0.15, 0.2) is 5.75 Å². The number of benzene rings is 2. The van der Waals surface area contributed by atoms with Gasteiger partial charge in [0.25, 0.3) is 0 Å². The monoisotopic (exact) mass is 314 g/mol. The third-order valence-electron chi connectivity index (χ3n) is 2.82. The SMILES string of the molecule is Nc1ccc(Oc2ccccc2Br)c2ncccc12. The second kappa shape index (κ2) is 4.90. The van der Waals surface area contributed by atoms with Crippen LogP contribution in [0.4, 0.5) is 5.69 Å². The maximum absolute atomic E-state index is 5.94. The highest BCUT2D eigenvalue weighted by Gasteiger charge is 2.08. The van der Waals surface area contributed by atoms with Gasteiger partial charge in [-0.1, -0.05) is 12.1 Å². The number of hydrogen-bond donors (Lipinski definition) is 1. The topological polar surface area (TPSA) is 48.1 Å².